The van der Waals surface area contributed by atoms with E-state index in [9.17, 15) is 0 Å². The minimum Gasteiger partial charge on any atom is -0.366 e. The molecule has 0 bridgehead atoms. The first-order chi connectivity index (χ1) is 12.5. The second-order valence-corrected chi connectivity index (χ2v) is 9.66. The minimum absolute atomic E-state index is 0.110. The molecule has 2 spiro atoms. The van der Waals surface area contributed by atoms with Crippen LogP contribution >= 0.6 is 0 Å². The van der Waals surface area contributed by atoms with E-state index in [0.717, 1.165) is 31.6 Å². The summed E-state index contributed by atoms with van der Waals surface area (Å²) in [5.74, 6) is 0.748. The molecular formula is C23H36N2O. The maximum absolute atomic E-state index is 6.83. The van der Waals surface area contributed by atoms with Gasteiger partial charge in [-0.1, -0.05) is 44.2 Å². The van der Waals surface area contributed by atoms with E-state index in [2.05, 4.69) is 61.0 Å². The lowest BCUT2D eigenvalue weighted by Crippen LogP contribution is -2.58. The predicted molar refractivity (Wildman–Crippen MR) is 107 cm³/mol. The van der Waals surface area contributed by atoms with Crippen molar-refractivity contribution in [1.82, 2.24) is 9.80 Å². The van der Waals surface area contributed by atoms with Crippen molar-refractivity contribution in [2.24, 2.45) is 5.92 Å². The van der Waals surface area contributed by atoms with Crippen molar-refractivity contribution < 1.29 is 4.74 Å². The van der Waals surface area contributed by atoms with Gasteiger partial charge in [-0.2, -0.15) is 0 Å². The molecule has 0 radical (unpaired) electrons. The van der Waals surface area contributed by atoms with Gasteiger partial charge in [0.15, 0.2) is 0 Å². The average Bonchev–Trinajstić information content (AvgIpc) is 3.33. The van der Waals surface area contributed by atoms with Gasteiger partial charge < -0.3 is 9.64 Å². The van der Waals surface area contributed by atoms with Gasteiger partial charge in [0, 0.05) is 32.2 Å². The number of ether oxygens (including phenoxy) is 1. The molecule has 1 aromatic rings. The molecule has 2 saturated carbocycles. The number of rotatable bonds is 5. The van der Waals surface area contributed by atoms with Crippen molar-refractivity contribution in [2.75, 3.05) is 26.7 Å². The van der Waals surface area contributed by atoms with Crippen molar-refractivity contribution in [2.45, 2.75) is 76.2 Å². The molecule has 2 aliphatic carbocycles. The van der Waals surface area contributed by atoms with E-state index >= 15 is 0 Å². The van der Waals surface area contributed by atoms with Gasteiger partial charge in [-0.3, -0.25) is 4.90 Å². The van der Waals surface area contributed by atoms with E-state index < -0.39 is 0 Å². The van der Waals surface area contributed by atoms with Gasteiger partial charge in [-0.05, 0) is 57.1 Å². The Bertz CT molecular complexity index is 587. The molecule has 1 aliphatic heterocycles. The number of hydrogen-bond acceptors (Lipinski definition) is 3. The van der Waals surface area contributed by atoms with Crippen molar-refractivity contribution in [3.05, 3.63) is 35.9 Å². The molecule has 3 fully saturated rings. The van der Waals surface area contributed by atoms with Crippen LogP contribution in [-0.2, 0) is 11.3 Å². The molecule has 0 N–H and O–H groups in total. The summed E-state index contributed by atoms with van der Waals surface area (Å²) in [6, 6.07) is 11.7. The van der Waals surface area contributed by atoms with Crippen LogP contribution in [0, 0.1) is 5.92 Å². The Morgan fingerprint density at radius 1 is 1.04 bits per heavy atom. The largest absolute Gasteiger partial charge is 0.366 e. The molecule has 0 unspecified atom stereocenters. The van der Waals surface area contributed by atoms with Crippen LogP contribution in [0.3, 0.4) is 0 Å². The Kier molecular flexibility index (Phi) is 5.15. The van der Waals surface area contributed by atoms with Crippen LogP contribution in [0.5, 0.6) is 0 Å². The maximum Gasteiger partial charge on any atom is 0.0819 e. The lowest BCUT2D eigenvalue weighted by Gasteiger charge is -2.51. The Morgan fingerprint density at radius 2 is 1.65 bits per heavy atom. The second kappa shape index (κ2) is 7.26. The Morgan fingerprint density at radius 3 is 2.23 bits per heavy atom. The minimum atomic E-state index is 0.110. The monoisotopic (exact) mass is 356 g/mol. The molecule has 4 rings (SSSR count). The molecule has 1 aromatic carbocycles. The fraction of sp³-hybridized carbons (Fsp3) is 0.739. The van der Waals surface area contributed by atoms with Crippen molar-refractivity contribution >= 4 is 0 Å². The second-order valence-electron chi connectivity index (χ2n) is 9.66. The molecular weight excluding hydrogens is 320 g/mol. The molecule has 26 heavy (non-hydrogen) atoms. The van der Waals surface area contributed by atoms with E-state index in [1.54, 1.807) is 0 Å². The number of nitrogens with zero attached hydrogens (tertiary/aromatic N) is 2. The molecule has 3 heteroatoms. The zero-order chi connectivity index (χ0) is 18.2. The van der Waals surface area contributed by atoms with Crippen molar-refractivity contribution in [1.29, 1.82) is 0 Å². The highest BCUT2D eigenvalue weighted by Crippen LogP contribution is 2.50. The van der Waals surface area contributed by atoms with Gasteiger partial charge in [0.05, 0.1) is 11.2 Å². The van der Waals surface area contributed by atoms with E-state index in [0.29, 0.717) is 0 Å². The lowest BCUT2D eigenvalue weighted by molar-refractivity contribution is -0.188. The van der Waals surface area contributed by atoms with E-state index in [1.807, 2.05) is 0 Å². The summed E-state index contributed by atoms with van der Waals surface area (Å²) in [6.07, 6.45) is 7.56. The van der Waals surface area contributed by atoms with Gasteiger partial charge in [-0.25, -0.2) is 0 Å². The van der Waals surface area contributed by atoms with E-state index in [1.165, 1.54) is 50.6 Å². The van der Waals surface area contributed by atoms with Gasteiger partial charge >= 0.3 is 0 Å². The molecule has 3 nitrogen and oxygen atoms in total. The summed E-state index contributed by atoms with van der Waals surface area (Å²) < 4.78 is 6.83. The van der Waals surface area contributed by atoms with Gasteiger partial charge in [0.25, 0.3) is 0 Å². The maximum atomic E-state index is 6.83. The third-order valence-electron chi connectivity index (χ3n) is 6.66. The van der Waals surface area contributed by atoms with E-state index in [-0.39, 0.29) is 11.2 Å². The van der Waals surface area contributed by atoms with Crippen LogP contribution in [0.4, 0.5) is 0 Å². The van der Waals surface area contributed by atoms with Crippen LogP contribution in [0.2, 0.25) is 0 Å². The zero-order valence-electron chi connectivity index (χ0n) is 16.9. The van der Waals surface area contributed by atoms with Gasteiger partial charge in [0.1, 0.15) is 0 Å². The average molecular weight is 357 g/mol. The quantitative estimate of drug-likeness (QED) is 0.781. The molecule has 1 heterocycles. The Labute approximate surface area is 159 Å². The summed E-state index contributed by atoms with van der Waals surface area (Å²) in [4.78, 5) is 5.28. The Balaban J connectivity index is 1.40. The van der Waals surface area contributed by atoms with Crippen LogP contribution in [0.15, 0.2) is 30.3 Å². The van der Waals surface area contributed by atoms with Gasteiger partial charge in [0.2, 0.25) is 0 Å². The van der Waals surface area contributed by atoms with Gasteiger partial charge in [-0.15, -0.1) is 0 Å². The summed E-state index contributed by atoms with van der Waals surface area (Å²) in [5, 5.41) is 0. The van der Waals surface area contributed by atoms with E-state index in [4.69, 9.17) is 4.74 Å². The normalized spacial score (nSPS) is 31.2. The molecule has 0 aromatic heterocycles. The first kappa shape index (κ1) is 18.5. The number of morpholine rings is 1. The first-order valence-corrected chi connectivity index (χ1v) is 10.6. The molecule has 0 atom stereocenters. The summed E-state index contributed by atoms with van der Waals surface area (Å²) >= 11 is 0. The Hall–Kier alpha value is -0.900. The third-order valence-corrected chi connectivity index (χ3v) is 6.66. The smallest absolute Gasteiger partial charge is 0.0819 e. The SMILES string of the molecule is CC(C)CN(C)[C@H]1CC[C@@]2(CC1)CN(Cc1ccccc1)CC1(CC1)O2. The molecule has 1 saturated heterocycles. The highest BCUT2D eigenvalue weighted by molar-refractivity contribution is 5.16. The zero-order valence-corrected chi connectivity index (χ0v) is 16.9. The van der Waals surface area contributed by atoms with Crippen LogP contribution in [-0.4, -0.2) is 53.7 Å². The highest BCUT2D eigenvalue weighted by atomic mass is 16.5. The van der Waals surface area contributed by atoms with Crippen molar-refractivity contribution in [3.8, 4) is 0 Å². The fourth-order valence-corrected chi connectivity index (χ4v) is 5.30. The molecule has 3 aliphatic rings. The summed E-state index contributed by atoms with van der Waals surface area (Å²) in [6.45, 7) is 9.17. The molecule has 144 valence electrons. The summed E-state index contributed by atoms with van der Waals surface area (Å²) in [7, 11) is 2.31. The number of benzene rings is 1. The molecule has 0 amide bonds. The van der Waals surface area contributed by atoms with Crippen LogP contribution in [0.1, 0.15) is 57.9 Å². The fourth-order valence-electron chi connectivity index (χ4n) is 5.30. The van der Waals surface area contributed by atoms with Crippen molar-refractivity contribution in [3.63, 3.8) is 0 Å². The van der Waals surface area contributed by atoms with Crippen LogP contribution in [0.25, 0.3) is 0 Å². The first-order valence-electron chi connectivity index (χ1n) is 10.6. The van der Waals surface area contributed by atoms with Crippen LogP contribution < -0.4 is 0 Å². The topological polar surface area (TPSA) is 15.7 Å². The predicted octanol–water partition coefficient (Wildman–Crippen LogP) is 4.32. The third kappa shape index (κ3) is 4.16. The standard InChI is InChI=1S/C23H36N2O/c1-19(2)15-24(3)21-9-11-22(12-10-21)17-25(18-23(26-22)13-14-23)16-20-7-5-4-6-8-20/h4-8,19,21H,9-18H2,1-3H3/t21-,22+. The number of hydrogen-bond donors (Lipinski definition) is 0. The highest BCUT2D eigenvalue weighted by Gasteiger charge is 2.55. The lowest BCUT2D eigenvalue weighted by atomic mass is 9.79. The summed E-state index contributed by atoms with van der Waals surface area (Å²) in [5.41, 5.74) is 1.73.